The van der Waals surface area contributed by atoms with Crippen molar-refractivity contribution in [2.75, 3.05) is 13.7 Å². The summed E-state index contributed by atoms with van der Waals surface area (Å²) in [4.78, 5) is 0. The molecule has 0 aliphatic heterocycles. The normalized spacial score (nSPS) is 21.5. The highest BCUT2D eigenvalue weighted by molar-refractivity contribution is 4.90. The molecule has 1 fully saturated rings. The van der Waals surface area contributed by atoms with Crippen molar-refractivity contribution < 1.29 is 4.74 Å². The van der Waals surface area contributed by atoms with Crippen LogP contribution in [-0.4, -0.2) is 25.3 Å². The zero-order valence-electron chi connectivity index (χ0n) is 13.3. The molecule has 18 heavy (non-hydrogen) atoms. The van der Waals surface area contributed by atoms with Crippen molar-refractivity contribution in [2.24, 2.45) is 11.3 Å². The van der Waals surface area contributed by atoms with Crippen molar-refractivity contribution in [2.45, 2.75) is 78.4 Å². The molecule has 1 N–H and O–H groups in total. The summed E-state index contributed by atoms with van der Waals surface area (Å²) in [5, 5.41) is 3.74. The van der Waals surface area contributed by atoms with E-state index in [1.807, 2.05) is 0 Å². The van der Waals surface area contributed by atoms with Gasteiger partial charge < -0.3 is 10.1 Å². The van der Waals surface area contributed by atoms with Crippen molar-refractivity contribution in [1.82, 2.24) is 5.32 Å². The smallest absolute Gasteiger partial charge is 0.0772 e. The van der Waals surface area contributed by atoms with E-state index >= 15 is 0 Å². The Bertz CT molecular complexity index is 241. The molecule has 0 radical (unpaired) electrons. The molecule has 0 spiro atoms. The lowest BCUT2D eigenvalue weighted by atomic mass is 9.78. The van der Waals surface area contributed by atoms with Gasteiger partial charge in [0, 0.05) is 19.7 Å². The summed E-state index contributed by atoms with van der Waals surface area (Å²) in [5.74, 6) is 0.802. The lowest BCUT2D eigenvalue weighted by Crippen LogP contribution is -2.49. The van der Waals surface area contributed by atoms with Crippen molar-refractivity contribution in [3.63, 3.8) is 0 Å². The monoisotopic (exact) mass is 255 g/mol. The third-order valence-electron chi connectivity index (χ3n) is 4.86. The SMILES string of the molecule is COC(C)(C)C(C)NCC1(CC(C)C)CCCC1. The molecular formula is C16H33NO. The molecule has 1 aliphatic rings. The summed E-state index contributed by atoms with van der Waals surface area (Å²) in [6.45, 7) is 12.4. The number of nitrogens with one attached hydrogen (secondary N) is 1. The average Bonchev–Trinajstić information content (AvgIpc) is 2.74. The van der Waals surface area contributed by atoms with Gasteiger partial charge in [0.2, 0.25) is 0 Å². The Morgan fingerprint density at radius 3 is 2.17 bits per heavy atom. The second kappa shape index (κ2) is 6.38. The Morgan fingerprint density at radius 1 is 1.17 bits per heavy atom. The molecule has 0 aromatic rings. The van der Waals surface area contributed by atoms with Crippen LogP contribution in [0.3, 0.4) is 0 Å². The molecule has 0 amide bonds. The van der Waals surface area contributed by atoms with Gasteiger partial charge in [-0.15, -0.1) is 0 Å². The van der Waals surface area contributed by atoms with Gasteiger partial charge in [-0.3, -0.25) is 0 Å². The molecule has 0 bridgehead atoms. The van der Waals surface area contributed by atoms with E-state index in [1.165, 1.54) is 32.1 Å². The molecule has 1 rings (SSSR count). The maximum Gasteiger partial charge on any atom is 0.0772 e. The highest BCUT2D eigenvalue weighted by Gasteiger charge is 2.35. The zero-order chi connectivity index (χ0) is 13.8. The number of rotatable bonds is 7. The molecule has 1 aliphatic carbocycles. The summed E-state index contributed by atoms with van der Waals surface area (Å²) >= 11 is 0. The van der Waals surface area contributed by atoms with E-state index < -0.39 is 0 Å². The van der Waals surface area contributed by atoms with Crippen molar-refractivity contribution >= 4 is 0 Å². The first-order valence-electron chi connectivity index (χ1n) is 7.60. The number of ether oxygens (including phenoxy) is 1. The molecule has 2 nitrogen and oxygen atoms in total. The first kappa shape index (κ1) is 16.0. The minimum Gasteiger partial charge on any atom is -0.377 e. The fraction of sp³-hybridized carbons (Fsp3) is 1.00. The molecule has 0 aromatic carbocycles. The molecule has 0 saturated heterocycles. The third kappa shape index (κ3) is 4.24. The van der Waals surface area contributed by atoms with E-state index in [-0.39, 0.29) is 5.60 Å². The van der Waals surface area contributed by atoms with Crippen LogP contribution in [-0.2, 0) is 4.74 Å². The molecule has 1 atom stereocenters. The lowest BCUT2D eigenvalue weighted by Gasteiger charge is -2.37. The van der Waals surface area contributed by atoms with Crippen LogP contribution in [0.2, 0.25) is 0 Å². The topological polar surface area (TPSA) is 21.3 Å². The Kier molecular flexibility index (Phi) is 5.67. The molecule has 0 aromatic heterocycles. The fourth-order valence-electron chi connectivity index (χ4n) is 3.24. The maximum absolute atomic E-state index is 5.57. The van der Waals surface area contributed by atoms with Gasteiger partial charge in [0.05, 0.1) is 5.60 Å². The van der Waals surface area contributed by atoms with Crippen molar-refractivity contribution in [3.05, 3.63) is 0 Å². The first-order valence-corrected chi connectivity index (χ1v) is 7.60. The van der Waals surface area contributed by atoms with Crippen LogP contribution in [0.1, 0.15) is 66.7 Å². The van der Waals surface area contributed by atoms with Gasteiger partial charge in [-0.25, -0.2) is 0 Å². The minimum absolute atomic E-state index is 0.0857. The fourth-order valence-corrected chi connectivity index (χ4v) is 3.24. The second-order valence-corrected chi connectivity index (χ2v) is 7.22. The number of hydrogen-bond donors (Lipinski definition) is 1. The van der Waals surface area contributed by atoms with Gasteiger partial charge >= 0.3 is 0 Å². The summed E-state index contributed by atoms with van der Waals surface area (Å²) in [6, 6.07) is 0.395. The van der Waals surface area contributed by atoms with Crippen LogP contribution in [0.15, 0.2) is 0 Å². The molecule has 0 heterocycles. The predicted octanol–water partition coefficient (Wildman–Crippen LogP) is 4.00. The van der Waals surface area contributed by atoms with E-state index in [0.29, 0.717) is 11.5 Å². The van der Waals surface area contributed by atoms with Gasteiger partial charge in [0.1, 0.15) is 0 Å². The van der Waals surface area contributed by atoms with Gasteiger partial charge in [0.15, 0.2) is 0 Å². The summed E-state index contributed by atoms with van der Waals surface area (Å²) in [6.07, 6.45) is 6.99. The lowest BCUT2D eigenvalue weighted by molar-refractivity contribution is -0.00841. The predicted molar refractivity (Wildman–Crippen MR) is 78.9 cm³/mol. The summed E-state index contributed by atoms with van der Waals surface area (Å²) in [5.41, 5.74) is 0.462. The molecule has 108 valence electrons. The molecule has 2 heteroatoms. The van der Waals surface area contributed by atoms with Crippen LogP contribution in [0.25, 0.3) is 0 Å². The van der Waals surface area contributed by atoms with Gasteiger partial charge in [0.25, 0.3) is 0 Å². The van der Waals surface area contributed by atoms with E-state index in [0.717, 1.165) is 12.5 Å². The van der Waals surface area contributed by atoms with E-state index in [9.17, 15) is 0 Å². The first-order chi connectivity index (χ1) is 8.31. The quantitative estimate of drug-likeness (QED) is 0.742. The van der Waals surface area contributed by atoms with Gasteiger partial charge in [-0.05, 0) is 51.4 Å². The van der Waals surface area contributed by atoms with Crippen LogP contribution < -0.4 is 5.32 Å². The standard InChI is InChI=1S/C16H33NO/c1-13(2)11-16(9-7-8-10-16)12-17-14(3)15(4,5)18-6/h13-14,17H,7-12H2,1-6H3. The summed E-state index contributed by atoms with van der Waals surface area (Å²) in [7, 11) is 1.80. The van der Waals surface area contributed by atoms with E-state index in [4.69, 9.17) is 4.74 Å². The highest BCUT2D eigenvalue weighted by atomic mass is 16.5. The van der Waals surface area contributed by atoms with Crippen molar-refractivity contribution in [3.8, 4) is 0 Å². The zero-order valence-corrected chi connectivity index (χ0v) is 13.3. The van der Waals surface area contributed by atoms with Crippen LogP contribution >= 0.6 is 0 Å². The third-order valence-corrected chi connectivity index (χ3v) is 4.86. The Morgan fingerprint density at radius 2 is 1.72 bits per heavy atom. The molecule has 1 unspecified atom stereocenters. The average molecular weight is 255 g/mol. The Balaban J connectivity index is 2.53. The van der Waals surface area contributed by atoms with Crippen LogP contribution in [0.4, 0.5) is 0 Å². The Hall–Kier alpha value is -0.0800. The van der Waals surface area contributed by atoms with Crippen molar-refractivity contribution in [1.29, 1.82) is 0 Å². The second-order valence-electron chi connectivity index (χ2n) is 7.22. The van der Waals surface area contributed by atoms with Gasteiger partial charge in [-0.2, -0.15) is 0 Å². The van der Waals surface area contributed by atoms with E-state index in [2.05, 4.69) is 39.9 Å². The highest BCUT2D eigenvalue weighted by Crippen LogP contribution is 2.42. The number of hydrogen-bond acceptors (Lipinski definition) is 2. The Labute approximate surface area is 114 Å². The van der Waals surface area contributed by atoms with Crippen LogP contribution in [0, 0.1) is 11.3 Å². The number of methoxy groups -OCH3 is 1. The molecule has 1 saturated carbocycles. The minimum atomic E-state index is -0.0857. The molecular weight excluding hydrogens is 222 g/mol. The van der Waals surface area contributed by atoms with Crippen LogP contribution in [0.5, 0.6) is 0 Å². The largest absolute Gasteiger partial charge is 0.377 e. The maximum atomic E-state index is 5.57. The van der Waals surface area contributed by atoms with Gasteiger partial charge in [-0.1, -0.05) is 26.7 Å². The summed E-state index contributed by atoms with van der Waals surface area (Å²) < 4.78 is 5.57. The van der Waals surface area contributed by atoms with E-state index in [1.54, 1.807) is 7.11 Å².